The van der Waals surface area contributed by atoms with Crippen molar-refractivity contribution < 1.29 is 14.6 Å². The van der Waals surface area contributed by atoms with Crippen LogP contribution in [0.25, 0.3) is 0 Å². The van der Waals surface area contributed by atoms with Crippen molar-refractivity contribution in [3.8, 4) is 0 Å². The number of fused-ring (bicyclic) bond motifs is 1. The Morgan fingerprint density at radius 3 is 2.82 bits per heavy atom. The summed E-state index contributed by atoms with van der Waals surface area (Å²) < 4.78 is 4.65. The monoisotopic (exact) mass is 241 g/mol. The summed E-state index contributed by atoms with van der Waals surface area (Å²) in [4.78, 5) is 13.8. The molecule has 1 saturated heterocycles. The normalized spacial score (nSPS) is 32.9. The number of hydrogen-bond acceptors (Lipinski definition) is 4. The Morgan fingerprint density at radius 1 is 1.41 bits per heavy atom. The van der Waals surface area contributed by atoms with E-state index in [1.807, 2.05) is 0 Å². The highest BCUT2D eigenvalue weighted by molar-refractivity contribution is 5.78. The van der Waals surface area contributed by atoms with E-state index in [0.29, 0.717) is 12.6 Å². The third-order valence-corrected chi connectivity index (χ3v) is 4.26. The molecule has 4 heteroatoms. The first-order valence-electron chi connectivity index (χ1n) is 6.59. The third-order valence-electron chi connectivity index (χ3n) is 4.26. The molecule has 0 amide bonds. The first kappa shape index (κ1) is 12.8. The van der Waals surface area contributed by atoms with E-state index in [1.165, 1.54) is 39.2 Å². The molecule has 0 aromatic carbocycles. The topological polar surface area (TPSA) is 49.8 Å². The second kappa shape index (κ2) is 4.94. The number of esters is 1. The van der Waals surface area contributed by atoms with Crippen LogP contribution in [0.5, 0.6) is 0 Å². The molecule has 2 aliphatic rings. The van der Waals surface area contributed by atoms with Crippen molar-refractivity contribution in [2.24, 2.45) is 5.92 Å². The molecule has 3 unspecified atom stereocenters. The van der Waals surface area contributed by atoms with Crippen LogP contribution in [-0.4, -0.2) is 47.8 Å². The van der Waals surface area contributed by atoms with E-state index in [-0.39, 0.29) is 0 Å². The van der Waals surface area contributed by atoms with Gasteiger partial charge in [0.25, 0.3) is 0 Å². The summed E-state index contributed by atoms with van der Waals surface area (Å²) in [5.41, 5.74) is -1.37. The predicted molar refractivity (Wildman–Crippen MR) is 64.6 cm³/mol. The van der Waals surface area contributed by atoms with E-state index in [1.54, 1.807) is 6.92 Å². The van der Waals surface area contributed by atoms with Crippen LogP contribution < -0.4 is 0 Å². The van der Waals surface area contributed by atoms with Gasteiger partial charge in [0, 0.05) is 12.6 Å². The minimum absolute atomic E-state index is 0.404. The van der Waals surface area contributed by atoms with Crippen molar-refractivity contribution in [1.82, 2.24) is 4.90 Å². The zero-order valence-electron chi connectivity index (χ0n) is 10.8. The van der Waals surface area contributed by atoms with Gasteiger partial charge in [-0.25, -0.2) is 4.79 Å². The summed E-state index contributed by atoms with van der Waals surface area (Å²) in [6.07, 6.45) is 6.34. The van der Waals surface area contributed by atoms with Crippen molar-refractivity contribution in [3.05, 3.63) is 0 Å². The molecule has 1 heterocycles. The maximum Gasteiger partial charge on any atom is 0.338 e. The van der Waals surface area contributed by atoms with E-state index < -0.39 is 11.6 Å². The zero-order valence-corrected chi connectivity index (χ0v) is 10.8. The number of methoxy groups -OCH3 is 1. The van der Waals surface area contributed by atoms with E-state index in [0.717, 1.165) is 12.5 Å². The third kappa shape index (κ3) is 2.63. The van der Waals surface area contributed by atoms with Crippen molar-refractivity contribution in [2.75, 3.05) is 20.2 Å². The maximum absolute atomic E-state index is 11.5. The SMILES string of the molecule is COC(=O)C(C)(O)CN1CCC2CCCCC21. The van der Waals surface area contributed by atoms with Gasteiger partial charge in [-0.3, -0.25) is 4.90 Å². The molecular weight excluding hydrogens is 218 g/mol. The van der Waals surface area contributed by atoms with Crippen molar-refractivity contribution in [1.29, 1.82) is 0 Å². The number of carbonyl (C=O) groups excluding carboxylic acids is 1. The second-order valence-electron chi connectivity index (χ2n) is 5.64. The van der Waals surface area contributed by atoms with Crippen LogP contribution in [0.3, 0.4) is 0 Å². The fourth-order valence-electron chi connectivity index (χ4n) is 3.38. The van der Waals surface area contributed by atoms with Gasteiger partial charge in [-0.05, 0) is 38.6 Å². The first-order chi connectivity index (χ1) is 8.04. The number of aliphatic hydroxyl groups is 1. The molecule has 17 heavy (non-hydrogen) atoms. The van der Waals surface area contributed by atoms with Crippen LogP contribution in [0, 0.1) is 5.92 Å². The van der Waals surface area contributed by atoms with Gasteiger partial charge in [-0.15, -0.1) is 0 Å². The quantitative estimate of drug-likeness (QED) is 0.754. The average molecular weight is 241 g/mol. The average Bonchev–Trinajstić information content (AvgIpc) is 2.71. The lowest BCUT2D eigenvalue weighted by molar-refractivity contribution is -0.162. The molecule has 0 aromatic rings. The molecule has 2 rings (SSSR count). The van der Waals surface area contributed by atoms with Gasteiger partial charge >= 0.3 is 5.97 Å². The van der Waals surface area contributed by atoms with Crippen LogP contribution in [-0.2, 0) is 9.53 Å². The molecule has 2 fully saturated rings. The fourth-order valence-corrected chi connectivity index (χ4v) is 3.38. The summed E-state index contributed by atoms with van der Waals surface area (Å²) in [7, 11) is 1.32. The van der Waals surface area contributed by atoms with Gasteiger partial charge in [0.1, 0.15) is 0 Å². The van der Waals surface area contributed by atoms with Crippen LogP contribution in [0.4, 0.5) is 0 Å². The summed E-state index contributed by atoms with van der Waals surface area (Å²) in [5, 5.41) is 10.1. The van der Waals surface area contributed by atoms with E-state index in [4.69, 9.17) is 0 Å². The molecule has 1 N–H and O–H groups in total. The summed E-state index contributed by atoms with van der Waals surface area (Å²) >= 11 is 0. The molecule has 0 radical (unpaired) electrons. The Labute approximate surface area is 103 Å². The number of hydrogen-bond donors (Lipinski definition) is 1. The number of likely N-dealkylation sites (tertiary alicyclic amines) is 1. The smallest absolute Gasteiger partial charge is 0.338 e. The zero-order chi connectivity index (χ0) is 12.5. The Morgan fingerprint density at radius 2 is 2.12 bits per heavy atom. The minimum Gasteiger partial charge on any atom is -0.467 e. The Kier molecular flexibility index (Phi) is 3.73. The molecule has 1 aliphatic heterocycles. The largest absolute Gasteiger partial charge is 0.467 e. The van der Waals surface area contributed by atoms with Crippen molar-refractivity contribution in [2.45, 2.75) is 50.7 Å². The van der Waals surface area contributed by atoms with Gasteiger partial charge in [0.05, 0.1) is 7.11 Å². The van der Waals surface area contributed by atoms with Gasteiger partial charge in [-0.2, -0.15) is 0 Å². The molecule has 1 aliphatic carbocycles. The highest BCUT2D eigenvalue weighted by atomic mass is 16.5. The second-order valence-corrected chi connectivity index (χ2v) is 5.64. The molecule has 0 aromatic heterocycles. The van der Waals surface area contributed by atoms with Crippen molar-refractivity contribution in [3.63, 3.8) is 0 Å². The molecular formula is C13H23NO3. The van der Waals surface area contributed by atoms with Gasteiger partial charge < -0.3 is 9.84 Å². The number of β-amino-alcohol motifs (C(OH)–C–C–N with tert-alkyl or cyclic N) is 1. The first-order valence-corrected chi connectivity index (χ1v) is 6.59. The number of nitrogens with zero attached hydrogens (tertiary/aromatic N) is 1. The molecule has 4 nitrogen and oxygen atoms in total. The Bertz CT molecular complexity index is 290. The van der Waals surface area contributed by atoms with Gasteiger partial charge in [-0.1, -0.05) is 12.8 Å². The summed E-state index contributed by atoms with van der Waals surface area (Å²) in [6.45, 7) is 2.96. The van der Waals surface area contributed by atoms with E-state index in [9.17, 15) is 9.90 Å². The standard InChI is InChI=1S/C13H23NO3/c1-13(16,12(15)17-2)9-14-8-7-10-5-3-4-6-11(10)14/h10-11,16H,3-9H2,1-2H3. The lowest BCUT2D eigenvalue weighted by Gasteiger charge is -2.35. The van der Waals surface area contributed by atoms with E-state index in [2.05, 4.69) is 9.64 Å². The van der Waals surface area contributed by atoms with Crippen LogP contribution >= 0.6 is 0 Å². The predicted octanol–water partition coefficient (Wildman–Crippen LogP) is 1.17. The Hall–Kier alpha value is -0.610. The number of ether oxygens (including phenoxy) is 1. The molecule has 3 atom stereocenters. The van der Waals surface area contributed by atoms with Gasteiger partial charge in [0.2, 0.25) is 0 Å². The van der Waals surface area contributed by atoms with Crippen molar-refractivity contribution >= 4 is 5.97 Å². The lowest BCUT2D eigenvalue weighted by atomic mass is 9.85. The summed E-state index contributed by atoms with van der Waals surface area (Å²) in [6, 6.07) is 0.569. The minimum atomic E-state index is -1.37. The fraction of sp³-hybridized carbons (Fsp3) is 0.923. The Balaban J connectivity index is 1.97. The summed E-state index contributed by atoms with van der Waals surface area (Å²) in [5.74, 6) is 0.244. The highest BCUT2D eigenvalue weighted by Gasteiger charge is 2.41. The highest BCUT2D eigenvalue weighted by Crippen LogP contribution is 2.36. The molecule has 98 valence electrons. The van der Waals surface area contributed by atoms with Gasteiger partial charge in [0.15, 0.2) is 5.60 Å². The lowest BCUT2D eigenvalue weighted by Crippen LogP contribution is -2.49. The van der Waals surface area contributed by atoms with Crippen LogP contribution in [0.2, 0.25) is 0 Å². The molecule has 0 bridgehead atoms. The molecule has 1 saturated carbocycles. The van der Waals surface area contributed by atoms with E-state index >= 15 is 0 Å². The van der Waals surface area contributed by atoms with Crippen LogP contribution in [0.1, 0.15) is 39.0 Å². The van der Waals surface area contributed by atoms with Crippen LogP contribution in [0.15, 0.2) is 0 Å². The number of carbonyl (C=O) groups is 1. The molecule has 0 spiro atoms. The number of rotatable bonds is 3. The maximum atomic E-state index is 11.5.